The quantitative estimate of drug-likeness (QED) is 0.781. The molecule has 82 valence electrons. The third-order valence-corrected chi connectivity index (χ3v) is 2.95. The van der Waals surface area contributed by atoms with E-state index in [9.17, 15) is 4.79 Å². The van der Waals surface area contributed by atoms with Crippen LogP contribution in [0, 0.1) is 3.57 Å². The van der Waals surface area contributed by atoms with Crippen LogP contribution in [0.3, 0.4) is 0 Å². The first-order chi connectivity index (χ1) is 7.11. The Hall–Kier alpha value is -0.420. The average molecular weight is 318 g/mol. The summed E-state index contributed by atoms with van der Waals surface area (Å²) in [5.41, 5.74) is 1.07. The predicted molar refractivity (Wildman–Crippen MR) is 69.0 cm³/mol. The molecule has 0 radical (unpaired) electrons. The Morgan fingerprint density at radius 1 is 1.40 bits per heavy atom. The van der Waals surface area contributed by atoms with Gasteiger partial charge in [-0.25, -0.2) is 0 Å². The molecule has 0 amide bonds. The highest BCUT2D eigenvalue weighted by Gasteiger charge is 2.08. The monoisotopic (exact) mass is 318 g/mol. The fourth-order valence-electron chi connectivity index (χ4n) is 1.31. The van der Waals surface area contributed by atoms with Gasteiger partial charge in [-0.1, -0.05) is 12.1 Å². The van der Waals surface area contributed by atoms with Gasteiger partial charge < -0.3 is 4.74 Å². The second kappa shape index (κ2) is 6.23. The summed E-state index contributed by atoms with van der Waals surface area (Å²) in [6, 6.07) is 8.03. The summed E-state index contributed by atoms with van der Waals surface area (Å²) in [5.74, 6) is 0.227. The summed E-state index contributed by atoms with van der Waals surface area (Å²) in [6.45, 7) is 1.91. The number of carbonyl (C=O) groups is 1. The highest BCUT2D eigenvalue weighted by molar-refractivity contribution is 14.1. The molecule has 0 heterocycles. The summed E-state index contributed by atoms with van der Waals surface area (Å²) in [4.78, 5) is 11.6. The van der Waals surface area contributed by atoms with Crippen molar-refractivity contribution in [3.63, 3.8) is 0 Å². The molecule has 0 aliphatic heterocycles. The van der Waals surface area contributed by atoms with Gasteiger partial charge in [0.15, 0.2) is 0 Å². The molecule has 3 heteroatoms. The Balaban J connectivity index is 2.48. The molecule has 0 fully saturated rings. The van der Waals surface area contributed by atoms with Crippen molar-refractivity contribution in [1.82, 2.24) is 0 Å². The van der Waals surface area contributed by atoms with Crippen LogP contribution in [0.1, 0.15) is 18.9 Å². The summed E-state index contributed by atoms with van der Waals surface area (Å²) >= 11 is 2.25. The number of methoxy groups -OCH3 is 1. The second-order valence-corrected chi connectivity index (χ2v) is 4.84. The van der Waals surface area contributed by atoms with Gasteiger partial charge in [0.05, 0.1) is 6.10 Å². The maximum Gasteiger partial charge on any atom is 0.139 e. The van der Waals surface area contributed by atoms with Crippen molar-refractivity contribution in [3.8, 4) is 0 Å². The van der Waals surface area contributed by atoms with Crippen LogP contribution in [0.5, 0.6) is 0 Å². The van der Waals surface area contributed by atoms with Crippen molar-refractivity contribution in [2.24, 2.45) is 0 Å². The minimum atomic E-state index is 0.0151. The molecule has 0 saturated heterocycles. The Bertz CT molecular complexity index is 319. The fourth-order valence-corrected chi connectivity index (χ4v) is 1.67. The first-order valence-electron chi connectivity index (χ1n) is 4.90. The number of hydrogen-bond donors (Lipinski definition) is 0. The van der Waals surface area contributed by atoms with E-state index < -0.39 is 0 Å². The maximum atomic E-state index is 11.6. The number of benzene rings is 1. The normalized spacial score (nSPS) is 12.5. The van der Waals surface area contributed by atoms with Crippen molar-refractivity contribution >= 4 is 28.4 Å². The summed E-state index contributed by atoms with van der Waals surface area (Å²) in [5, 5.41) is 0. The molecule has 1 aromatic carbocycles. The molecule has 1 atom stereocenters. The minimum absolute atomic E-state index is 0.0151. The number of rotatable bonds is 5. The van der Waals surface area contributed by atoms with E-state index >= 15 is 0 Å². The molecule has 1 aromatic rings. The molecule has 1 rings (SSSR count). The number of ketones is 1. The first kappa shape index (κ1) is 12.6. The Kier molecular flexibility index (Phi) is 5.25. The molecule has 0 saturated carbocycles. The van der Waals surface area contributed by atoms with Gasteiger partial charge in [-0.05, 0) is 47.2 Å². The minimum Gasteiger partial charge on any atom is -0.381 e. The van der Waals surface area contributed by atoms with Gasteiger partial charge in [0, 0.05) is 23.5 Å². The number of ether oxygens (including phenoxy) is 1. The van der Waals surface area contributed by atoms with Gasteiger partial charge in [0.2, 0.25) is 0 Å². The predicted octanol–water partition coefficient (Wildman–Crippen LogP) is 2.83. The van der Waals surface area contributed by atoms with Crippen LogP contribution in [-0.2, 0) is 16.0 Å². The van der Waals surface area contributed by atoms with E-state index in [0.29, 0.717) is 12.8 Å². The van der Waals surface area contributed by atoms with Gasteiger partial charge >= 0.3 is 0 Å². The lowest BCUT2D eigenvalue weighted by Crippen LogP contribution is -2.13. The van der Waals surface area contributed by atoms with Gasteiger partial charge in [-0.2, -0.15) is 0 Å². The van der Waals surface area contributed by atoms with Gasteiger partial charge in [-0.3, -0.25) is 4.79 Å². The lowest BCUT2D eigenvalue weighted by atomic mass is 10.1. The van der Waals surface area contributed by atoms with Gasteiger partial charge in [0.25, 0.3) is 0 Å². The van der Waals surface area contributed by atoms with Crippen LogP contribution in [-0.4, -0.2) is 19.0 Å². The molecule has 15 heavy (non-hydrogen) atoms. The zero-order chi connectivity index (χ0) is 11.3. The van der Waals surface area contributed by atoms with E-state index in [2.05, 4.69) is 22.6 Å². The number of hydrogen-bond acceptors (Lipinski definition) is 2. The highest BCUT2D eigenvalue weighted by Crippen LogP contribution is 2.09. The molecule has 0 aliphatic carbocycles. The van der Waals surface area contributed by atoms with Crippen molar-refractivity contribution in [1.29, 1.82) is 0 Å². The van der Waals surface area contributed by atoms with Gasteiger partial charge in [-0.15, -0.1) is 0 Å². The molecule has 0 spiro atoms. The molecule has 1 unspecified atom stereocenters. The Morgan fingerprint density at radius 2 is 2.00 bits per heavy atom. The molecule has 0 aromatic heterocycles. The summed E-state index contributed by atoms with van der Waals surface area (Å²) in [7, 11) is 1.63. The van der Waals surface area contributed by atoms with Crippen LogP contribution in [0.4, 0.5) is 0 Å². The van der Waals surface area contributed by atoms with E-state index in [1.807, 2.05) is 31.2 Å². The molecular weight excluding hydrogens is 303 g/mol. The summed E-state index contributed by atoms with van der Waals surface area (Å²) < 4.78 is 6.24. The molecule has 0 aliphatic rings. The molecular formula is C12H15IO2. The number of Topliss-reactive ketones (excluding diaryl/α,β-unsaturated/α-hetero) is 1. The van der Waals surface area contributed by atoms with Crippen molar-refractivity contribution in [2.45, 2.75) is 25.9 Å². The third kappa shape index (κ3) is 4.75. The molecule has 0 N–H and O–H groups in total. The average Bonchev–Trinajstić information content (AvgIpc) is 2.21. The van der Waals surface area contributed by atoms with E-state index in [1.54, 1.807) is 7.11 Å². The van der Waals surface area contributed by atoms with Gasteiger partial charge in [0.1, 0.15) is 5.78 Å². The number of halogens is 1. The lowest BCUT2D eigenvalue weighted by Gasteiger charge is -2.07. The zero-order valence-electron chi connectivity index (χ0n) is 9.00. The number of carbonyl (C=O) groups excluding carboxylic acids is 1. The van der Waals surface area contributed by atoms with Crippen LogP contribution in [0.25, 0.3) is 0 Å². The van der Waals surface area contributed by atoms with Crippen LogP contribution >= 0.6 is 22.6 Å². The van der Waals surface area contributed by atoms with E-state index in [-0.39, 0.29) is 11.9 Å². The third-order valence-electron chi connectivity index (χ3n) is 2.23. The first-order valence-corrected chi connectivity index (χ1v) is 5.98. The molecule has 0 bridgehead atoms. The maximum absolute atomic E-state index is 11.6. The topological polar surface area (TPSA) is 26.3 Å². The molecule has 2 nitrogen and oxygen atoms in total. The largest absolute Gasteiger partial charge is 0.381 e. The fraction of sp³-hybridized carbons (Fsp3) is 0.417. The smallest absolute Gasteiger partial charge is 0.139 e. The second-order valence-electron chi connectivity index (χ2n) is 3.59. The van der Waals surface area contributed by atoms with E-state index in [4.69, 9.17) is 4.74 Å². The lowest BCUT2D eigenvalue weighted by molar-refractivity contribution is -0.120. The standard InChI is InChI=1S/C12H15IO2/c1-9(15-2)7-12(14)8-10-3-5-11(13)6-4-10/h3-6,9H,7-8H2,1-2H3. The SMILES string of the molecule is COC(C)CC(=O)Cc1ccc(I)cc1. The van der Waals surface area contributed by atoms with Crippen LogP contribution in [0.2, 0.25) is 0 Å². The van der Waals surface area contributed by atoms with E-state index in [1.165, 1.54) is 3.57 Å². The van der Waals surface area contributed by atoms with Crippen molar-refractivity contribution in [3.05, 3.63) is 33.4 Å². The zero-order valence-corrected chi connectivity index (χ0v) is 11.2. The van der Waals surface area contributed by atoms with Crippen molar-refractivity contribution < 1.29 is 9.53 Å². The van der Waals surface area contributed by atoms with Crippen molar-refractivity contribution in [2.75, 3.05) is 7.11 Å². The van der Waals surface area contributed by atoms with Crippen LogP contribution in [0.15, 0.2) is 24.3 Å². The summed E-state index contributed by atoms with van der Waals surface area (Å²) in [6.07, 6.45) is 1.01. The van der Waals surface area contributed by atoms with Crippen LogP contribution < -0.4 is 0 Å². The highest BCUT2D eigenvalue weighted by atomic mass is 127. The Morgan fingerprint density at radius 3 is 2.53 bits per heavy atom. The Labute approximate surface area is 104 Å². The van der Waals surface area contributed by atoms with E-state index in [0.717, 1.165) is 5.56 Å².